The Labute approximate surface area is 157 Å². The Bertz CT molecular complexity index is 1110. The first-order valence-corrected chi connectivity index (χ1v) is 8.02. The largest absolute Gasteiger partial charge is 0.437 e. The molecule has 0 amide bonds. The summed E-state index contributed by atoms with van der Waals surface area (Å²) in [5.41, 5.74) is 0.983. The fourth-order valence-corrected chi connectivity index (χ4v) is 2.54. The Kier molecular flexibility index (Phi) is 4.95. The molecule has 2 aromatic heterocycles. The van der Waals surface area contributed by atoms with Gasteiger partial charge in [0.05, 0.1) is 5.56 Å². The molecule has 0 saturated heterocycles. The summed E-state index contributed by atoms with van der Waals surface area (Å²) in [5.74, 6) is -0.138. The maximum absolute atomic E-state index is 13.2. The van der Waals surface area contributed by atoms with Crippen molar-refractivity contribution in [3.05, 3.63) is 59.1 Å². The lowest BCUT2D eigenvalue weighted by Crippen LogP contribution is -2.24. The molecule has 0 unspecified atom stereocenters. The van der Waals surface area contributed by atoms with Crippen LogP contribution in [0.1, 0.15) is 16.8 Å². The molecule has 0 fully saturated rings. The Morgan fingerprint density at radius 3 is 2.54 bits per heavy atom. The predicted octanol–water partition coefficient (Wildman–Crippen LogP) is 3.70. The standard InChI is InChI=1S/C18H15F3N6O/c1-10-5-16(26-27(8-22)17(10)23)28-15-6-12(18(19,20)21)3-4-13(15)14-7-24-9-25-11(14)2/h3-9,22-23H,1-2H3. The second-order valence-corrected chi connectivity index (χ2v) is 5.92. The van der Waals surface area contributed by atoms with Gasteiger partial charge in [-0.15, -0.1) is 5.10 Å². The molecule has 7 nitrogen and oxygen atoms in total. The highest BCUT2D eigenvalue weighted by Crippen LogP contribution is 2.39. The number of nitrogens with one attached hydrogen (secondary N) is 2. The van der Waals surface area contributed by atoms with Gasteiger partial charge in [-0.1, -0.05) is 0 Å². The number of benzene rings is 1. The molecule has 3 rings (SSSR count). The molecule has 2 N–H and O–H groups in total. The summed E-state index contributed by atoms with van der Waals surface area (Å²) in [6.45, 7) is 3.32. The number of halogens is 3. The Morgan fingerprint density at radius 1 is 1.14 bits per heavy atom. The third-order valence-corrected chi connectivity index (χ3v) is 4.00. The van der Waals surface area contributed by atoms with Crippen molar-refractivity contribution in [2.24, 2.45) is 0 Å². The van der Waals surface area contributed by atoms with Gasteiger partial charge < -0.3 is 4.74 Å². The number of aromatic nitrogens is 4. The minimum atomic E-state index is -4.55. The Hall–Kier alpha value is -3.56. The van der Waals surface area contributed by atoms with E-state index in [1.165, 1.54) is 24.7 Å². The molecule has 0 aliphatic carbocycles. The van der Waals surface area contributed by atoms with Crippen LogP contribution < -0.4 is 10.2 Å². The summed E-state index contributed by atoms with van der Waals surface area (Å²) in [5, 5.41) is 19.1. The van der Waals surface area contributed by atoms with Crippen molar-refractivity contribution in [3.63, 3.8) is 0 Å². The maximum atomic E-state index is 13.2. The van der Waals surface area contributed by atoms with Crippen LogP contribution in [0.2, 0.25) is 0 Å². The molecular weight excluding hydrogens is 373 g/mol. The molecule has 28 heavy (non-hydrogen) atoms. The van der Waals surface area contributed by atoms with Gasteiger partial charge in [0.1, 0.15) is 18.4 Å². The first kappa shape index (κ1) is 19.2. The van der Waals surface area contributed by atoms with Crippen LogP contribution in [0.3, 0.4) is 0 Å². The average molecular weight is 388 g/mol. The van der Waals surface area contributed by atoms with Gasteiger partial charge in [0.2, 0.25) is 5.88 Å². The van der Waals surface area contributed by atoms with Crippen LogP contribution in [-0.4, -0.2) is 26.1 Å². The first-order chi connectivity index (χ1) is 13.2. The zero-order valence-electron chi connectivity index (χ0n) is 14.9. The fourth-order valence-electron chi connectivity index (χ4n) is 2.54. The molecule has 0 bridgehead atoms. The zero-order chi connectivity index (χ0) is 20.5. The summed E-state index contributed by atoms with van der Waals surface area (Å²) in [6.07, 6.45) is -0.915. The van der Waals surface area contributed by atoms with Crippen molar-refractivity contribution in [2.45, 2.75) is 20.0 Å². The lowest BCUT2D eigenvalue weighted by atomic mass is 10.0. The highest BCUT2D eigenvalue weighted by molar-refractivity contribution is 5.72. The summed E-state index contributed by atoms with van der Waals surface area (Å²) >= 11 is 0. The summed E-state index contributed by atoms with van der Waals surface area (Å²) in [6, 6.07) is 4.54. The normalized spacial score (nSPS) is 11.3. The highest BCUT2D eigenvalue weighted by Gasteiger charge is 2.31. The number of rotatable bonds is 4. The van der Waals surface area contributed by atoms with Crippen LogP contribution in [0.25, 0.3) is 11.1 Å². The van der Waals surface area contributed by atoms with E-state index in [0.717, 1.165) is 23.2 Å². The predicted molar refractivity (Wildman–Crippen MR) is 94.3 cm³/mol. The molecule has 2 heterocycles. The maximum Gasteiger partial charge on any atom is 0.416 e. The SMILES string of the molecule is Cc1ncncc1-c1ccc(C(F)(F)F)cc1Oc1cc(C)c(=N)n(C=N)n1. The van der Waals surface area contributed by atoms with Crippen LogP contribution in [-0.2, 0) is 6.18 Å². The second kappa shape index (κ2) is 7.22. The lowest BCUT2D eigenvalue weighted by Gasteiger charge is -2.15. The molecule has 0 atom stereocenters. The van der Waals surface area contributed by atoms with E-state index in [-0.39, 0.29) is 17.1 Å². The van der Waals surface area contributed by atoms with E-state index >= 15 is 0 Å². The average Bonchev–Trinajstić information content (AvgIpc) is 2.64. The van der Waals surface area contributed by atoms with E-state index in [2.05, 4.69) is 15.1 Å². The quantitative estimate of drug-likeness (QED) is 0.526. The van der Waals surface area contributed by atoms with Crippen LogP contribution in [0.15, 0.2) is 36.8 Å². The molecule has 0 aliphatic heterocycles. The van der Waals surface area contributed by atoms with Gasteiger partial charge in [-0.2, -0.15) is 13.2 Å². The molecular formula is C18H15F3N6O. The van der Waals surface area contributed by atoms with Crippen LogP contribution in [0.5, 0.6) is 11.6 Å². The third kappa shape index (κ3) is 3.75. The van der Waals surface area contributed by atoms with Crippen LogP contribution in [0.4, 0.5) is 13.2 Å². The minimum Gasteiger partial charge on any atom is -0.437 e. The van der Waals surface area contributed by atoms with E-state index in [1.807, 2.05) is 0 Å². The molecule has 0 aliphatic rings. The molecule has 0 spiro atoms. The Morgan fingerprint density at radius 2 is 1.89 bits per heavy atom. The fraction of sp³-hybridized carbons (Fsp3) is 0.167. The number of hydrogen-bond donors (Lipinski definition) is 2. The van der Waals surface area contributed by atoms with Crippen molar-refractivity contribution in [3.8, 4) is 22.8 Å². The molecule has 0 saturated carbocycles. The lowest BCUT2D eigenvalue weighted by molar-refractivity contribution is -0.137. The van der Waals surface area contributed by atoms with Crippen molar-refractivity contribution < 1.29 is 17.9 Å². The zero-order valence-corrected chi connectivity index (χ0v) is 14.9. The second-order valence-electron chi connectivity index (χ2n) is 5.92. The van der Waals surface area contributed by atoms with Crippen LogP contribution >= 0.6 is 0 Å². The number of alkyl halides is 3. The summed E-state index contributed by atoms with van der Waals surface area (Å²) < 4.78 is 46.2. The number of aryl methyl sites for hydroxylation is 2. The minimum absolute atomic E-state index is 0.0288. The summed E-state index contributed by atoms with van der Waals surface area (Å²) in [7, 11) is 0. The van der Waals surface area contributed by atoms with Gasteiger partial charge in [-0.05, 0) is 37.6 Å². The molecule has 3 aromatic rings. The van der Waals surface area contributed by atoms with Crippen LogP contribution in [0, 0.1) is 24.7 Å². The van der Waals surface area contributed by atoms with Gasteiger partial charge in [0.15, 0.2) is 5.49 Å². The number of hydrogen-bond acceptors (Lipinski definition) is 6. The first-order valence-electron chi connectivity index (χ1n) is 8.02. The van der Waals surface area contributed by atoms with Crippen molar-refractivity contribution in [1.82, 2.24) is 19.7 Å². The Balaban J connectivity index is 2.17. The summed E-state index contributed by atoms with van der Waals surface area (Å²) in [4.78, 5) is 8.00. The highest BCUT2D eigenvalue weighted by atomic mass is 19.4. The number of ether oxygens (including phenoxy) is 1. The van der Waals surface area contributed by atoms with Gasteiger partial charge in [-0.3, -0.25) is 10.8 Å². The third-order valence-electron chi connectivity index (χ3n) is 4.00. The molecule has 0 radical (unpaired) electrons. The van der Waals surface area contributed by atoms with Gasteiger partial charge in [0, 0.05) is 29.1 Å². The van der Waals surface area contributed by atoms with Gasteiger partial charge in [0.25, 0.3) is 0 Å². The van der Waals surface area contributed by atoms with E-state index in [0.29, 0.717) is 22.4 Å². The monoisotopic (exact) mass is 388 g/mol. The number of nitrogens with zero attached hydrogens (tertiary/aromatic N) is 4. The smallest absolute Gasteiger partial charge is 0.416 e. The van der Waals surface area contributed by atoms with Gasteiger partial charge >= 0.3 is 6.18 Å². The molecule has 1 aromatic carbocycles. The van der Waals surface area contributed by atoms with Gasteiger partial charge in [-0.25, -0.2) is 14.6 Å². The van der Waals surface area contributed by atoms with E-state index in [4.69, 9.17) is 15.6 Å². The van der Waals surface area contributed by atoms with Crippen molar-refractivity contribution in [2.75, 3.05) is 0 Å². The van der Waals surface area contributed by atoms with E-state index < -0.39 is 11.7 Å². The topological polar surface area (TPSA) is 101 Å². The van der Waals surface area contributed by atoms with Crippen molar-refractivity contribution in [1.29, 1.82) is 10.8 Å². The van der Waals surface area contributed by atoms with Crippen molar-refractivity contribution >= 4 is 6.34 Å². The molecule has 144 valence electrons. The molecule has 10 heteroatoms. The van der Waals surface area contributed by atoms with E-state index in [1.54, 1.807) is 13.8 Å². The van der Waals surface area contributed by atoms with E-state index in [9.17, 15) is 13.2 Å².